The molecule has 0 spiro atoms. The van der Waals surface area contributed by atoms with Crippen LogP contribution in [0.5, 0.6) is 0 Å². The number of allylic oxidation sites excluding steroid dienone is 2. The van der Waals surface area contributed by atoms with Crippen LogP contribution in [0.1, 0.15) is 32.3 Å². The lowest BCUT2D eigenvalue weighted by Crippen LogP contribution is -2.29. The lowest BCUT2D eigenvalue weighted by atomic mass is 9.81. The zero-order valence-electron chi connectivity index (χ0n) is 20.0. The van der Waals surface area contributed by atoms with Gasteiger partial charge in [-0.25, -0.2) is 0 Å². The summed E-state index contributed by atoms with van der Waals surface area (Å²) in [5, 5.41) is 0. The molecule has 14 heteroatoms. The molecular formula is C23H27N2O9S3+. The summed E-state index contributed by atoms with van der Waals surface area (Å²) in [5.74, 6) is -0.594. The average Bonchev–Trinajstić information content (AvgIpc) is 2.98. The van der Waals surface area contributed by atoms with Gasteiger partial charge in [0.15, 0.2) is 5.71 Å². The first-order chi connectivity index (χ1) is 17.0. The molecule has 3 N–H and O–H groups in total. The standard InChI is InChI=1S/C23H26N2O9S3/c1-23(2)21(11-6-7-12-24-17-9-4-3-5-10-17)25(13-8-14-35(26,27)28)19-15-18(36(29,30)31)16-20(22(19)23)37(32,33)34/h3-6,9-12,15-16H,7-8,13-14H2,1-2H3,(H2-,26,27,28,29,30,31,32,33,34)/p+1. The van der Waals surface area contributed by atoms with E-state index in [1.165, 1.54) is 4.58 Å². The summed E-state index contributed by atoms with van der Waals surface area (Å²) < 4.78 is 101. The summed E-state index contributed by atoms with van der Waals surface area (Å²) in [7, 11) is -14.1. The first-order valence-corrected chi connectivity index (χ1v) is 15.5. The predicted octanol–water partition coefficient (Wildman–Crippen LogP) is 3.18. The highest BCUT2D eigenvalue weighted by Crippen LogP contribution is 2.45. The van der Waals surface area contributed by atoms with Crippen LogP contribution in [-0.4, -0.2) is 67.7 Å². The molecule has 11 nitrogen and oxygen atoms in total. The van der Waals surface area contributed by atoms with Gasteiger partial charge in [-0.2, -0.15) is 29.8 Å². The van der Waals surface area contributed by atoms with Crippen molar-refractivity contribution in [1.29, 1.82) is 0 Å². The molecule has 0 radical (unpaired) electrons. The van der Waals surface area contributed by atoms with Gasteiger partial charge >= 0.3 is 0 Å². The van der Waals surface area contributed by atoms with Crippen LogP contribution in [0.3, 0.4) is 0 Å². The van der Waals surface area contributed by atoms with Crippen molar-refractivity contribution in [2.24, 2.45) is 4.99 Å². The minimum Gasteiger partial charge on any atom is -0.286 e. The molecule has 1 aliphatic heterocycles. The minimum atomic E-state index is -4.93. The van der Waals surface area contributed by atoms with Crippen molar-refractivity contribution in [3.05, 3.63) is 60.2 Å². The van der Waals surface area contributed by atoms with E-state index in [2.05, 4.69) is 4.99 Å². The molecule has 1 heterocycles. The van der Waals surface area contributed by atoms with Gasteiger partial charge in [0.1, 0.15) is 16.3 Å². The second kappa shape index (κ2) is 10.6. The van der Waals surface area contributed by atoms with Crippen LogP contribution in [-0.2, 0) is 35.8 Å². The lowest BCUT2D eigenvalue weighted by molar-refractivity contribution is -0.437. The Balaban J connectivity index is 2.13. The van der Waals surface area contributed by atoms with E-state index < -0.39 is 51.3 Å². The summed E-state index contributed by atoms with van der Waals surface area (Å²) in [6, 6.07) is 10.9. The average molecular weight is 572 g/mol. The van der Waals surface area contributed by atoms with Crippen molar-refractivity contribution >= 4 is 53.7 Å². The number of aliphatic imine (C=N–C) groups is 1. The summed E-state index contributed by atoms with van der Waals surface area (Å²) in [5.41, 5.74) is 0.263. The smallest absolute Gasteiger partial charge is 0.286 e. The Morgan fingerprint density at radius 2 is 1.59 bits per heavy atom. The summed E-state index contributed by atoms with van der Waals surface area (Å²) in [6.45, 7) is 3.27. The van der Waals surface area contributed by atoms with Gasteiger partial charge in [-0.3, -0.25) is 18.7 Å². The molecule has 0 fully saturated rings. The third kappa shape index (κ3) is 6.97. The molecule has 0 unspecified atom stereocenters. The van der Waals surface area contributed by atoms with Crippen molar-refractivity contribution in [1.82, 2.24) is 0 Å². The number of para-hydroxylation sites is 1. The van der Waals surface area contributed by atoms with E-state index in [0.29, 0.717) is 18.2 Å². The Kier molecular flexibility index (Phi) is 8.22. The van der Waals surface area contributed by atoms with E-state index in [1.54, 1.807) is 32.2 Å². The molecule has 0 amide bonds. The molecule has 37 heavy (non-hydrogen) atoms. The van der Waals surface area contributed by atoms with Crippen molar-refractivity contribution in [2.45, 2.75) is 41.9 Å². The van der Waals surface area contributed by atoms with Gasteiger partial charge in [-0.05, 0) is 32.0 Å². The van der Waals surface area contributed by atoms with Gasteiger partial charge in [0.2, 0.25) is 5.69 Å². The first-order valence-electron chi connectivity index (χ1n) is 11.0. The molecule has 200 valence electrons. The Hall–Kier alpha value is -2.75. The van der Waals surface area contributed by atoms with E-state index in [-0.39, 0.29) is 24.2 Å². The van der Waals surface area contributed by atoms with Crippen LogP contribution in [0.25, 0.3) is 0 Å². The Bertz CT molecular complexity index is 1610. The van der Waals surface area contributed by atoms with Gasteiger partial charge in [0.05, 0.1) is 22.4 Å². The van der Waals surface area contributed by atoms with E-state index in [0.717, 1.165) is 11.8 Å². The van der Waals surface area contributed by atoms with Crippen molar-refractivity contribution < 1.29 is 43.5 Å². The highest BCUT2D eigenvalue weighted by Gasteiger charge is 2.48. The number of hydrogen-bond acceptors (Lipinski definition) is 7. The third-order valence-corrected chi connectivity index (χ3v) is 8.29. The molecule has 2 aromatic carbocycles. The normalized spacial score (nSPS) is 16.1. The topological polar surface area (TPSA) is 178 Å². The van der Waals surface area contributed by atoms with Crippen LogP contribution < -0.4 is 0 Å². The fraction of sp³-hybridized carbons (Fsp3) is 0.304. The molecule has 0 saturated heterocycles. The molecule has 1 aliphatic rings. The van der Waals surface area contributed by atoms with Crippen LogP contribution in [0, 0.1) is 0 Å². The highest BCUT2D eigenvalue weighted by molar-refractivity contribution is 7.86. The minimum absolute atomic E-state index is 0.0478. The first kappa shape index (κ1) is 28.8. The lowest BCUT2D eigenvalue weighted by Gasteiger charge is -2.18. The van der Waals surface area contributed by atoms with E-state index in [4.69, 9.17) is 4.55 Å². The second-order valence-electron chi connectivity index (χ2n) is 8.85. The maximum absolute atomic E-state index is 12.3. The molecule has 0 aromatic heterocycles. The predicted molar refractivity (Wildman–Crippen MR) is 138 cm³/mol. The van der Waals surface area contributed by atoms with Crippen LogP contribution in [0.15, 0.2) is 69.4 Å². The van der Waals surface area contributed by atoms with Gasteiger partial charge in [0, 0.05) is 31.2 Å². The summed E-state index contributed by atoms with van der Waals surface area (Å²) >= 11 is 0. The molecule has 0 bridgehead atoms. The van der Waals surface area contributed by atoms with E-state index in [9.17, 15) is 34.4 Å². The maximum atomic E-state index is 12.3. The Morgan fingerprint density at radius 1 is 0.946 bits per heavy atom. The Morgan fingerprint density at radius 3 is 2.16 bits per heavy atom. The molecule has 2 aromatic rings. The molecular weight excluding hydrogens is 544 g/mol. The monoisotopic (exact) mass is 571 g/mol. The zero-order chi connectivity index (χ0) is 27.6. The fourth-order valence-electron chi connectivity index (χ4n) is 4.22. The highest BCUT2D eigenvalue weighted by atomic mass is 32.2. The zero-order valence-corrected chi connectivity index (χ0v) is 22.5. The maximum Gasteiger partial charge on any atom is 0.295 e. The van der Waals surface area contributed by atoms with Gasteiger partial charge in [-0.1, -0.05) is 24.3 Å². The Labute approximate surface area is 216 Å². The number of nitrogens with zero attached hydrogens (tertiary/aromatic N) is 2. The summed E-state index contributed by atoms with van der Waals surface area (Å²) in [6.07, 6.45) is 5.36. The summed E-state index contributed by atoms with van der Waals surface area (Å²) in [4.78, 5) is 2.87. The third-order valence-electron chi connectivity index (χ3n) is 5.78. The van der Waals surface area contributed by atoms with Crippen molar-refractivity contribution in [3.8, 4) is 0 Å². The molecule has 0 aliphatic carbocycles. The van der Waals surface area contributed by atoms with Crippen molar-refractivity contribution in [2.75, 3.05) is 12.3 Å². The van der Waals surface area contributed by atoms with Crippen LogP contribution in [0.4, 0.5) is 11.4 Å². The SMILES string of the molecule is CC1(C)C(C=CCC=Nc2ccccc2)=[N+](CCCS(=O)(=O)O)c2cc(S(=O)(=O)O)cc(S(=O)(=O)O)c21. The number of hydrogen-bond donors (Lipinski definition) is 3. The van der Waals surface area contributed by atoms with Crippen LogP contribution >= 0.6 is 0 Å². The molecule has 0 atom stereocenters. The number of fused-ring (bicyclic) bond motifs is 1. The van der Waals surface area contributed by atoms with Crippen molar-refractivity contribution in [3.63, 3.8) is 0 Å². The fourth-order valence-corrected chi connectivity index (χ4v) is 6.21. The van der Waals surface area contributed by atoms with E-state index >= 15 is 0 Å². The molecule has 3 rings (SSSR count). The molecule has 0 saturated carbocycles. The second-order valence-corrected chi connectivity index (χ2v) is 13.2. The van der Waals surface area contributed by atoms with Gasteiger partial charge in [-0.15, -0.1) is 0 Å². The van der Waals surface area contributed by atoms with Gasteiger partial charge < -0.3 is 0 Å². The van der Waals surface area contributed by atoms with Crippen LogP contribution in [0.2, 0.25) is 0 Å². The largest absolute Gasteiger partial charge is 0.295 e. The van der Waals surface area contributed by atoms with Gasteiger partial charge in [0.25, 0.3) is 30.4 Å². The van der Waals surface area contributed by atoms with E-state index in [1.807, 2.05) is 30.3 Å². The quantitative estimate of drug-likeness (QED) is 0.219. The number of rotatable bonds is 10. The number of benzene rings is 2.